The number of likely N-dealkylation sites (tertiary alicyclic amines) is 1. The van der Waals surface area contributed by atoms with Gasteiger partial charge in [-0.05, 0) is 18.8 Å². The molecule has 25 heavy (non-hydrogen) atoms. The first-order chi connectivity index (χ1) is 12.2. The summed E-state index contributed by atoms with van der Waals surface area (Å²) in [6.45, 7) is 12.7. The smallest absolute Gasteiger partial charge is 0.240 e. The van der Waals surface area contributed by atoms with Gasteiger partial charge in [-0.15, -0.1) is 0 Å². The molecule has 3 heterocycles. The Morgan fingerprint density at radius 1 is 1.20 bits per heavy atom. The maximum atomic E-state index is 6.05. The molecule has 2 fully saturated rings. The Balaban J connectivity index is 1.32. The van der Waals surface area contributed by atoms with Crippen LogP contribution < -0.4 is 0 Å². The summed E-state index contributed by atoms with van der Waals surface area (Å²) in [6, 6.07) is 0. The second-order valence-corrected chi connectivity index (χ2v) is 7.51. The number of aryl methyl sites for hydroxylation is 1. The molecule has 1 aromatic rings. The van der Waals surface area contributed by atoms with Crippen LogP contribution in [-0.4, -0.2) is 78.6 Å². The van der Waals surface area contributed by atoms with E-state index >= 15 is 0 Å². The molecule has 142 valence electrons. The van der Waals surface area contributed by atoms with Gasteiger partial charge in [0.1, 0.15) is 0 Å². The minimum absolute atomic E-state index is 0.323. The molecule has 0 aromatic carbocycles. The van der Waals surface area contributed by atoms with Crippen LogP contribution in [-0.2, 0) is 22.4 Å². The Hall–Kier alpha value is -1.02. The number of rotatable bonds is 9. The molecule has 2 saturated heterocycles. The van der Waals surface area contributed by atoms with Crippen molar-refractivity contribution in [2.24, 2.45) is 5.92 Å². The fourth-order valence-corrected chi connectivity index (χ4v) is 3.31. The van der Waals surface area contributed by atoms with Gasteiger partial charge in [-0.2, -0.15) is 4.98 Å². The second kappa shape index (κ2) is 9.62. The Labute approximate surface area is 150 Å². The van der Waals surface area contributed by atoms with Gasteiger partial charge in [-0.25, -0.2) is 0 Å². The molecule has 2 aliphatic rings. The molecule has 0 bridgehead atoms. The zero-order valence-corrected chi connectivity index (χ0v) is 15.7. The Morgan fingerprint density at radius 3 is 2.84 bits per heavy atom. The zero-order chi connectivity index (χ0) is 17.5. The van der Waals surface area contributed by atoms with Crippen LogP contribution in [0.5, 0.6) is 0 Å². The molecule has 1 unspecified atom stereocenters. The first-order valence-electron chi connectivity index (χ1n) is 9.64. The van der Waals surface area contributed by atoms with E-state index < -0.39 is 0 Å². The van der Waals surface area contributed by atoms with Crippen LogP contribution in [0, 0.1) is 5.92 Å². The fourth-order valence-electron chi connectivity index (χ4n) is 3.31. The average molecular weight is 352 g/mol. The van der Waals surface area contributed by atoms with E-state index in [2.05, 4.69) is 33.8 Å². The highest BCUT2D eigenvalue weighted by atomic mass is 16.5. The molecule has 0 amide bonds. The minimum atomic E-state index is 0.323. The molecule has 0 aliphatic carbocycles. The molecular formula is C18H32N4O3. The molecule has 0 N–H and O–H groups in total. The Morgan fingerprint density at radius 2 is 2.04 bits per heavy atom. The molecule has 0 radical (unpaired) electrons. The van der Waals surface area contributed by atoms with Gasteiger partial charge in [0.25, 0.3) is 0 Å². The first-order valence-corrected chi connectivity index (χ1v) is 9.64. The van der Waals surface area contributed by atoms with Gasteiger partial charge in [0.2, 0.25) is 5.89 Å². The predicted octanol–water partition coefficient (Wildman–Crippen LogP) is 1.58. The number of morpholine rings is 1. The van der Waals surface area contributed by atoms with Gasteiger partial charge in [0.15, 0.2) is 5.82 Å². The number of hydrogen-bond acceptors (Lipinski definition) is 7. The lowest BCUT2D eigenvalue weighted by Crippen LogP contribution is -2.38. The van der Waals surface area contributed by atoms with Gasteiger partial charge >= 0.3 is 0 Å². The Bertz CT molecular complexity index is 502. The standard InChI is InChI=1S/C18H32N4O3/c1-15(2)3-4-17-19-18(25-20-17)14-22-6-5-16(13-22)24-12-9-21-7-10-23-11-8-21/h15-16H,3-14H2,1-2H3. The summed E-state index contributed by atoms with van der Waals surface area (Å²) in [5.74, 6) is 2.23. The molecule has 1 aromatic heterocycles. The molecule has 0 saturated carbocycles. The predicted molar refractivity (Wildman–Crippen MR) is 94.4 cm³/mol. The monoisotopic (exact) mass is 352 g/mol. The zero-order valence-electron chi connectivity index (χ0n) is 15.7. The summed E-state index contributed by atoms with van der Waals surface area (Å²) in [4.78, 5) is 9.27. The highest BCUT2D eigenvalue weighted by molar-refractivity contribution is 4.88. The van der Waals surface area contributed by atoms with E-state index in [1.807, 2.05) is 0 Å². The summed E-state index contributed by atoms with van der Waals surface area (Å²) in [5, 5.41) is 4.09. The third-order valence-corrected chi connectivity index (χ3v) is 4.91. The molecule has 1 atom stereocenters. The van der Waals surface area contributed by atoms with Gasteiger partial charge in [-0.1, -0.05) is 19.0 Å². The van der Waals surface area contributed by atoms with Crippen molar-refractivity contribution in [3.05, 3.63) is 11.7 Å². The van der Waals surface area contributed by atoms with Crippen molar-refractivity contribution >= 4 is 0 Å². The summed E-state index contributed by atoms with van der Waals surface area (Å²) < 4.78 is 16.8. The highest BCUT2D eigenvalue weighted by Crippen LogP contribution is 2.16. The molecule has 7 nitrogen and oxygen atoms in total. The summed E-state index contributed by atoms with van der Waals surface area (Å²) in [5.41, 5.74) is 0. The van der Waals surface area contributed by atoms with Gasteiger partial charge in [0.05, 0.1) is 32.5 Å². The number of nitrogens with zero attached hydrogens (tertiary/aromatic N) is 4. The van der Waals surface area contributed by atoms with Gasteiger partial charge < -0.3 is 14.0 Å². The van der Waals surface area contributed by atoms with Crippen LogP contribution in [0.1, 0.15) is 38.4 Å². The van der Waals surface area contributed by atoms with Crippen molar-refractivity contribution in [3.63, 3.8) is 0 Å². The summed E-state index contributed by atoms with van der Waals surface area (Å²) in [6.07, 6.45) is 3.40. The van der Waals surface area contributed by atoms with E-state index in [0.717, 1.165) is 90.1 Å². The van der Waals surface area contributed by atoms with E-state index in [9.17, 15) is 0 Å². The number of aromatic nitrogens is 2. The lowest BCUT2D eigenvalue weighted by molar-refractivity contribution is 0.00387. The summed E-state index contributed by atoms with van der Waals surface area (Å²) >= 11 is 0. The van der Waals surface area contributed by atoms with Crippen LogP contribution in [0.4, 0.5) is 0 Å². The highest BCUT2D eigenvalue weighted by Gasteiger charge is 2.25. The molecule has 0 spiro atoms. The quantitative estimate of drug-likeness (QED) is 0.668. The second-order valence-electron chi connectivity index (χ2n) is 7.51. The van der Waals surface area contributed by atoms with E-state index in [-0.39, 0.29) is 0 Å². The van der Waals surface area contributed by atoms with Crippen molar-refractivity contribution in [1.29, 1.82) is 0 Å². The molecule has 3 rings (SSSR count). The van der Waals surface area contributed by atoms with Crippen LogP contribution in [0.2, 0.25) is 0 Å². The Kier molecular flexibility index (Phi) is 7.22. The first kappa shape index (κ1) is 18.8. The lowest BCUT2D eigenvalue weighted by Gasteiger charge is -2.26. The van der Waals surface area contributed by atoms with Crippen molar-refractivity contribution in [3.8, 4) is 0 Å². The van der Waals surface area contributed by atoms with Crippen molar-refractivity contribution in [1.82, 2.24) is 19.9 Å². The number of hydrogen-bond donors (Lipinski definition) is 0. The largest absolute Gasteiger partial charge is 0.379 e. The average Bonchev–Trinajstić information content (AvgIpc) is 3.24. The van der Waals surface area contributed by atoms with E-state index in [1.54, 1.807) is 0 Å². The SMILES string of the molecule is CC(C)CCc1noc(CN2CCC(OCCN3CCOCC3)C2)n1. The van der Waals surface area contributed by atoms with E-state index in [0.29, 0.717) is 12.0 Å². The minimum Gasteiger partial charge on any atom is -0.379 e. The molecular weight excluding hydrogens is 320 g/mol. The normalized spacial score (nSPS) is 22.9. The van der Waals surface area contributed by atoms with Crippen molar-refractivity contribution in [2.75, 3.05) is 52.5 Å². The van der Waals surface area contributed by atoms with Crippen LogP contribution >= 0.6 is 0 Å². The topological polar surface area (TPSA) is 63.9 Å². The van der Waals surface area contributed by atoms with Crippen LogP contribution in [0.3, 0.4) is 0 Å². The van der Waals surface area contributed by atoms with Crippen LogP contribution in [0.15, 0.2) is 4.52 Å². The fraction of sp³-hybridized carbons (Fsp3) is 0.889. The van der Waals surface area contributed by atoms with Crippen molar-refractivity contribution in [2.45, 2.75) is 45.8 Å². The van der Waals surface area contributed by atoms with Gasteiger partial charge in [-0.3, -0.25) is 9.80 Å². The third-order valence-electron chi connectivity index (χ3n) is 4.91. The van der Waals surface area contributed by atoms with Crippen molar-refractivity contribution < 1.29 is 14.0 Å². The lowest BCUT2D eigenvalue weighted by atomic mass is 10.1. The molecule has 7 heteroatoms. The third kappa shape index (κ3) is 6.33. The van der Waals surface area contributed by atoms with E-state index in [1.165, 1.54) is 0 Å². The maximum Gasteiger partial charge on any atom is 0.240 e. The maximum absolute atomic E-state index is 6.05. The van der Waals surface area contributed by atoms with Crippen LogP contribution in [0.25, 0.3) is 0 Å². The van der Waals surface area contributed by atoms with Gasteiger partial charge in [0, 0.05) is 39.1 Å². The summed E-state index contributed by atoms with van der Waals surface area (Å²) in [7, 11) is 0. The van der Waals surface area contributed by atoms with E-state index in [4.69, 9.17) is 14.0 Å². The number of ether oxygens (including phenoxy) is 2. The molecule has 2 aliphatic heterocycles.